The molecule has 1 fully saturated rings. The fourth-order valence-electron chi connectivity index (χ4n) is 3.62. The number of anilines is 1. The van der Waals surface area contributed by atoms with Crippen molar-refractivity contribution in [1.82, 2.24) is 0 Å². The van der Waals surface area contributed by atoms with Gasteiger partial charge in [0, 0.05) is 23.7 Å². The Morgan fingerprint density at radius 1 is 0.960 bits per heavy atom. The zero-order valence-corrected chi connectivity index (χ0v) is 16.3. The maximum atomic E-state index is 12.7. The van der Waals surface area contributed by atoms with Gasteiger partial charge in [0.05, 0.1) is 21.3 Å². The lowest BCUT2D eigenvalue weighted by Crippen LogP contribution is -2.31. The van der Waals surface area contributed by atoms with Crippen molar-refractivity contribution in [2.75, 3.05) is 26.6 Å². The summed E-state index contributed by atoms with van der Waals surface area (Å²) in [7, 11) is 4.69. The molecule has 1 N–H and O–H groups in total. The Morgan fingerprint density at radius 2 is 1.48 bits per heavy atom. The van der Waals surface area contributed by atoms with E-state index in [-0.39, 0.29) is 11.8 Å². The highest BCUT2D eigenvalue weighted by Gasteiger charge is 2.32. The van der Waals surface area contributed by atoms with Crippen LogP contribution < -0.4 is 19.5 Å². The van der Waals surface area contributed by atoms with Crippen molar-refractivity contribution >= 4 is 11.6 Å². The minimum Gasteiger partial charge on any atom is -0.493 e. The molecule has 1 aromatic carbocycles. The molecule has 5 heteroatoms. The van der Waals surface area contributed by atoms with Crippen LogP contribution in [-0.2, 0) is 4.79 Å². The molecule has 5 nitrogen and oxygen atoms in total. The molecule has 1 aliphatic carbocycles. The summed E-state index contributed by atoms with van der Waals surface area (Å²) in [5.41, 5.74) is 0.982. The summed E-state index contributed by atoms with van der Waals surface area (Å²) in [6.45, 7) is 6.86. The van der Waals surface area contributed by atoms with Crippen LogP contribution in [0.4, 0.5) is 5.69 Å². The molecule has 0 spiro atoms. The van der Waals surface area contributed by atoms with Crippen LogP contribution in [0.2, 0.25) is 0 Å². The number of carbonyl (C=O) groups excluding carboxylic acids is 1. The lowest BCUT2D eigenvalue weighted by atomic mass is 9.69. The minimum absolute atomic E-state index is 0.0673. The van der Waals surface area contributed by atoms with Crippen LogP contribution in [0.3, 0.4) is 0 Å². The van der Waals surface area contributed by atoms with Crippen LogP contribution >= 0.6 is 0 Å². The van der Waals surface area contributed by atoms with Crippen molar-refractivity contribution in [2.45, 2.75) is 46.5 Å². The Kier molecular flexibility index (Phi) is 6.20. The number of hydrogen-bond acceptors (Lipinski definition) is 4. The van der Waals surface area contributed by atoms with E-state index in [1.807, 2.05) is 0 Å². The average molecular weight is 349 g/mol. The van der Waals surface area contributed by atoms with Crippen LogP contribution in [0.15, 0.2) is 12.1 Å². The van der Waals surface area contributed by atoms with E-state index < -0.39 is 0 Å². The number of methoxy groups -OCH3 is 3. The molecule has 0 saturated heterocycles. The van der Waals surface area contributed by atoms with Gasteiger partial charge in [0.15, 0.2) is 11.5 Å². The van der Waals surface area contributed by atoms with Crippen molar-refractivity contribution in [3.63, 3.8) is 0 Å². The summed E-state index contributed by atoms with van der Waals surface area (Å²) in [4.78, 5) is 12.7. The Balaban J connectivity index is 2.06. The van der Waals surface area contributed by atoms with Crippen LogP contribution in [0, 0.1) is 17.3 Å². The van der Waals surface area contributed by atoms with Gasteiger partial charge in [-0.1, -0.05) is 20.8 Å². The van der Waals surface area contributed by atoms with Crippen LogP contribution in [-0.4, -0.2) is 27.2 Å². The summed E-state index contributed by atoms with van der Waals surface area (Å²) in [5, 5.41) is 3.01. The quantitative estimate of drug-likeness (QED) is 0.850. The molecule has 0 bridgehead atoms. The molecule has 2 rings (SSSR count). The first-order chi connectivity index (χ1) is 11.8. The normalized spacial score (nSPS) is 20.7. The van der Waals surface area contributed by atoms with Gasteiger partial charge < -0.3 is 19.5 Å². The third kappa shape index (κ3) is 4.59. The maximum absolute atomic E-state index is 12.7. The zero-order chi connectivity index (χ0) is 18.6. The highest BCUT2D eigenvalue weighted by atomic mass is 16.5. The topological polar surface area (TPSA) is 56.8 Å². The van der Waals surface area contributed by atoms with E-state index in [9.17, 15) is 4.79 Å². The van der Waals surface area contributed by atoms with Gasteiger partial charge in [-0.05, 0) is 37.0 Å². The van der Waals surface area contributed by atoms with E-state index in [4.69, 9.17) is 14.2 Å². The number of ether oxygens (including phenoxy) is 3. The Morgan fingerprint density at radius 3 is 1.88 bits per heavy atom. The molecular weight excluding hydrogens is 318 g/mol. The van der Waals surface area contributed by atoms with Gasteiger partial charge in [0.2, 0.25) is 11.7 Å². The van der Waals surface area contributed by atoms with Crippen molar-refractivity contribution in [2.24, 2.45) is 17.3 Å². The third-order valence-corrected chi connectivity index (χ3v) is 5.25. The van der Waals surface area contributed by atoms with E-state index >= 15 is 0 Å². The van der Waals surface area contributed by atoms with E-state index in [1.165, 1.54) is 0 Å². The average Bonchev–Trinajstić information content (AvgIpc) is 2.60. The fourth-order valence-corrected chi connectivity index (χ4v) is 3.62. The first-order valence-electron chi connectivity index (χ1n) is 8.91. The van der Waals surface area contributed by atoms with Gasteiger partial charge >= 0.3 is 0 Å². The summed E-state index contributed by atoms with van der Waals surface area (Å²) >= 11 is 0. The van der Waals surface area contributed by atoms with E-state index in [0.29, 0.717) is 34.3 Å². The van der Waals surface area contributed by atoms with Gasteiger partial charge in [-0.25, -0.2) is 0 Å². The highest BCUT2D eigenvalue weighted by Crippen LogP contribution is 2.42. The molecule has 0 aliphatic heterocycles. The predicted octanol–water partition coefficient (Wildman–Crippen LogP) is 4.50. The number of nitrogens with one attached hydrogen (secondary N) is 1. The minimum atomic E-state index is 0.0673. The number of carbonyl (C=O) groups is 1. The molecule has 140 valence electrons. The second-order valence-corrected chi connectivity index (χ2v) is 7.82. The number of benzene rings is 1. The molecular formula is C20H31NO4. The fraction of sp³-hybridized carbons (Fsp3) is 0.650. The Bertz CT molecular complexity index is 573. The second kappa shape index (κ2) is 7.98. The monoisotopic (exact) mass is 349 g/mol. The largest absolute Gasteiger partial charge is 0.493 e. The molecule has 0 unspecified atom stereocenters. The van der Waals surface area contributed by atoms with Crippen molar-refractivity contribution in [1.29, 1.82) is 0 Å². The van der Waals surface area contributed by atoms with Crippen LogP contribution in [0.1, 0.15) is 46.5 Å². The van der Waals surface area contributed by atoms with Gasteiger partial charge in [-0.15, -0.1) is 0 Å². The summed E-state index contributed by atoms with van der Waals surface area (Å²) in [6.07, 6.45) is 4.10. The molecule has 25 heavy (non-hydrogen) atoms. The molecule has 0 atom stereocenters. The summed E-state index contributed by atoms with van der Waals surface area (Å²) in [6, 6.07) is 3.53. The van der Waals surface area contributed by atoms with Gasteiger partial charge in [-0.3, -0.25) is 4.79 Å². The predicted molar refractivity (Wildman–Crippen MR) is 99.6 cm³/mol. The lowest BCUT2D eigenvalue weighted by molar-refractivity contribution is -0.121. The van der Waals surface area contributed by atoms with Gasteiger partial charge in [-0.2, -0.15) is 0 Å². The molecule has 1 aromatic rings. The molecule has 1 amide bonds. The van der Waals surface area contributed by atoms with Crippen molar-refractivity contribution < 1.29 is 19.0 Å². The molecule has 1 aliphatic rings. The zero-order valence-electron chi connectivity index (χ0n) is 16.3. The third-order valence-electron chi connectivity index (χ3n) is 5.25. The summed E-state index contributed by atoms with van der Waals surface area (Å²) in [5.74, 6) is 2.42. The van der Waals surface area contributed by atoms with E-state index in [2.05, 4.69) is 26.1 Å². The van der Waals surface area contributed by atoms with Gasteiger partial charge in [0.25, 0.3) is 0 Å². The van der Waals surface area contributed by atoms with E-state index in [1.54, 1.807) is 33.5 Å². The second-order valence-electron chi connectivity index (χ2n) is 7.82. The Labute approximate surface area is 151 Å². The SMILES string of the molecule is COc1cc(NC(=O)C2CCC(C(C)(C)C)CC2)cc(OC)c1OC. The maximum Gasteiger partial charge on any atom is 0.227 e. The Hall–Kier alpha value is -1.91. The van der Waals surface area contributed by atoms with Gasteiger partial charge in [0.1, 0.15) is 0 Å². The van der Waals surface area contributed by atoms with E-state index in [0.717, 1.165) is 25.7 Å². The smallest absolute Gasteiger partial charge is 0.227 e. The highest BCUT2D eigenvalue weighted by molar-refractivity contribution is 5.93. The van der Waals surface area contributed by atoms with Crippen molar-refractivity contribution in [3.05, 3.63) is 12.1 Å². The number of amides is 1. The lowest BCUT2D eigenvalue weighted by Gasteiger charge is -2.36. The van der Waals surface area contributed by atoms with Crippen LogP contribution in [0.25, 0.3) is 0 Å². The molecule has 1 saturated carbocycles. The van der Waals surface area contributed by atoms with Crippen molar-refractivity contribution in [3.8, 4) is 17.2 Å². The number of rotatable bonds is 5. The first-order valence-corrected chi connectivity index (χ1v) is 8.91. The number of hydrogen-bond donors (Lipinski definition) is 1. The molecule has 0 aromatic heterocycles. The molecule has 0 radical (unpaired) electrons. The first kappa shape index (κ1) is 19.4. The molecule has 0 heterocycles. The standard InChI is InChI=1S/C20H31NO4/c1-20(2,3)14-9-7-13(8-10-14)19(22)21-15-11-16(23-4)18(25-6)17(12-15)24-5/h11-14H,7-10H2,1-6H3,(H,21,22). The van der Waals surface area contributed by atoms with Crippen LogP contribution in [0.5, 0.6) is 17.2 Å². The summed E-state index contributed by atoms with van der Waals surface area (Å²) < 4.78 is 16.0.